The standard InChI is InChI=1S/C20H27N3O2S/c24-19(23-13-14-26-18-6-2-1-5-17(18)23)15-21-11-7-16(8-12-21)20(25)22-9-3-4-10-22/h1-2,5-6,16H,3-4,7-15H2. The number of benzene rings is 1. The van der Waals surface area contributed by atoms with Crippen molar-refractivity contribution in [1.82, 2.24) is 9.80 Å². The number of anilines is 1. The second-order valence-corrected chi connectivity index (χ2v) is 8.58. The summed E-state index contributed by atoms with van der Waals surface area (Å²) in [5.41, 5.74) is 1.05. The fraction of sp³-hybridized carbons (Fsp3) is 0.600. The highest BCUT2D eigenvalue weighted by molar-refractivity contribution is 7.99. The number of amides is 2. The van der Waals surface area contributed by atoms with Crippen molar-refractivity contribution < 1.29 is 9.59 Å². The summed E-state index contributed by atoms with van der Waals surface area (Å²) in [6.07, 6.45) is 4.06. The number of para-hydroxylation sites is 1. The fourth-order valence-corrected chi connectivity index (χ4v) is 5.23. The molecular formula is C20H27N3O2S. The van der Waals surface area contributed by atoms with E-state index < -0.39 is 0 Å². The summed E-state index contributed by atoms with van der Waals surface area (Å²) in [7, 11) is 0. The molecule has 0 aliphatic carbocycles. The molecule has 2 fully saturated rings. The van der Waals surface area contributed by atoms with E-state index in [1.54, 1.807) is 0 Å². The van der Waals surface area contributed by atoms with Crippen LogP contribution in [0.2, 0.25) is 0 Å². The van der Waals surface area contributed by atoms with Gasteiger partial charge < -0.3 is 9.80 Å². The van der Waals surface area contributed by atoms with E-state index in [-0.39, 0.29) is 11.8 Å². The largest absolute Gasteiger partial charge is 0.342 e. The Balaban J connectivity index is 1.31. The van der Waals surface area contributed by atoms with Crippen LogP contribution in [0.1, 0.15) is 25.7 Å². The van der Waals surface area contributed by atoms with Gasteiger partial charge >= 0.3 is 0 Å². The zero-order chi connectivity index (χ0) is 17.9. The summed E-state index contributed by atoms with van der Waals surface area (Å²) in [4.78, 5) is 32.8. The SMILES string of the molecule is O=C(C1CCN(CC(=O)N2CCSc3ccccc32)CC1)N1CCCC1. The van der Waals surface area contributed by atoms with E-state index in [4.69, 9.17) is 0 Å². The summed E-state index contributed by atoms with van der Waals surface area (Å²) in [5, 5.41) is 0. The third kappa shape index (κ3) is 3.76. The summed E-state index contributed by atoms with van der Waals surface area (Å²) in [6, 6.07) is 8.16. The average Bonchev–Trinajstić information content (AvgIpc) is 3.22. The minimum Gasteiger partial charge on any atom is -0.342 e. The van der Waals surface area contributed by atoms with Gasteiger partial charge in [-0.1, -0.05) is 12.1 Å². The Hall–Kier alpha value is -1.53. The molecule has 0 spiro atoms. The van der Waals surface area contributed by atoms with Gasteiger partial charge in [0.2, 0.25) is 11.8 Å². The fourth-order valence-electron chi connectivity index (χ4n) is 4.24. The number of hydrogen-bond donors (Lipinski definition) is 0. The quantitative estimate of drug-likeness (QED) is 0.816. The Morgan fingerprint density at radius 3 is 2.50 bits per heavy atom. The van der Waals surface area contributed by atoms with Gasteiger partial charge in [0, 0.05) is 36.2 Å². The third-order valence-corrected chi connectivity index (χ3v) is 6.79. The van der Waals surface area contributed by atoms with Crippen molar-refractivity contribution >= 4 is 29.3 Å². The van der Waals surface area contributed by atoms with Crippen LogP contribution in [0.25, 0.3) is 0 Å². The van der Waals surface area contributed by atoms with Gasteiger partial charge in [0.1, 0.15) is 0 Å². The highest BCUT2D eigenvalue weighted by Gasteiger charge is 2.31. The van der Waals surface area contributed by atoms with Crippen LogP contribution in [-0.4, -0.2) is 66.6 Å². The van der Waals surface area contributed by atoms with E-state index in [1.807, 2.05) is 39.8 Å². The number of fused-ring (bicyclic) bond motifs is 1. The Morgan fingerprint density at radius 2 is 1.73 bits per heavy atom. The van der Waals surface area contributed by atoms with Crippen molar-refractivity contribution in [3.8, 4) is 0 Å². The van der Waals surface area contributed by atoms with Crippen LogP contribution in [0.4, 0.5) is 5.69 Å². The van der Waals surface area contributed by atoms with Gasteiger partial charge in [-0.2, -0.15) is 0 Å². The van der Waals surface area contributed by atoms with Crippen molar-refractivity contribution in [3.63, 3.8) is 0 Å². The van der Waals surface area contributed by atoms with Crippen LogP contribution in [0.5, 0.6) is 0 Å². The second-order valence-electron chi connectivity index (χ2n) is 7.44. The lowest BCUT2D eigenvalue weighted by Crippen LogP contribution is -2.47. The molecule has 2 amide bonds. The third-order valence-electron chi connectivity index (χ3n) is 5.74. The summed E-state index contributed by atoms with van der Waals surface area (Å²) >= 11 is 1.82. The molecular weight excluding hydrogens is 346 g/mol. The number of likely N-dealkylation sites (tertiary alicyclic amines) is 2. The molecule has 0 unspecified atom stereocenters. The number of piperidine rings is 1. The number of thioether (sulfide) groups is 1. The first-order valence-electron chi connectivity index (χ1n) is 9.76. The molecule has 0 bridgehead atoms. The number of rotatable bonds is 3. The lowest BCUT2D eigenvalue weighted by Gasteiger charge is -2.35. The molecule has 5 nitrogen and oxygen atoms in total. The van der Waals surface area contributed by atoms with Gasteiger partial charge in [-0.25, -0.2) is 0 Å². The van der Waals surface area contributed by atoms with Crippen molar-refractivity contribution in [2.45, 2.75) is 30.6 Å². The van der Waals surface area contributed by atoms with E-state index >= 15 is 0 Å². The normalized spacial score (nSPS) is 21.7. The number of hydrogen-bond acceptors (Lipinski definition) is 4. The van der Waals surface area contributed by atoms with Crippen LogP contribution in [0, 0.1) is 5.92 Å². The van der Waals surface area contributed by atoms with Crippen LogP contribution >= 0.6 is 11.8 Å². The molecule has 140 valence electrons. The Kier molecular flexibility index (Phi) is 5.50. The van der Waals surface area contributed by atoms with E-state index in [2.05, 4.69) is 11.0 Å². The topological polar surface area (TPSA) is 43.9 Å². The van der Waals surface area contributed by atoms with Gasteiger partial charge in [-0.15, -0.1) is 11.8 Å². The molecule has 0 aromatic heterocycles. The molecule has 3 aliphatic heterocycles. The highest BCUT2D eigenvalue weighted by Crippen LogP contribution is 2.34. The Morgan fingerprint density at radius 1 is 1.00 bits per heavy atom. The number of nitrogens with zero attached hydrogens (tertiary/aromatic N) is 3. The molecule has 26 heavy (non-hydrogen) atoms. The number of carbonyl (C=O) groups excluding carboxylic acids is 2. The van der Waals surface area contributed by atoms with Gasteiger partial charge in [0.05, 0.1) is 12.2 Å². The maximum atomic E-state index is 12.9. The zero-order valence-corrected chi connectivity index (χ0v) is 16.0. The first-order valence-corrected chi connectivity index (χ1v) is 10.7. The Labute approximate surface area is 159 Å². The lowest BCUT2D eigenvalue weighted by atomic mass is 9.95. The molecule has 3 aliphatic rings. The maximum absolute atomic E-state index is 12.9. The molecule has 0 N–H and O–H groups in total. The van der Waals surface area contributed by atoms with Crippen LogP contribution < -0.4 is 4.90 Å². The van der Waals surface area contributed by atoms with Gasteiger partial charge in [-0.3, -0.25) is 14.5 Å². The summed E-state index contributed by atoms with van der Waals surface area (Å²) in [5.74, 6) is 1.64. The van der Waals surface area contributed by atoms with Crippen molar-refractivity contribution in [1.29, 1.82) is 0 Å². The van der Waals surface area contributed by atoms with Gasteiger partial charge in [-0.05, 0) is 50.9 Å². The molecule has 4 rings (SSSR count). The average molecular weight is 374 g/mol. The zero-order valence-electron chi connectivity index (χ0n) is 15.2. The molecule has 1 aromatic rings. The molecule has 1 aromatic carbocycles. The number of carbonyl (C=O) groups is 2. The van der Waals surface area contributed by atoms with Crippen molar-refractivity contribution in [2.75, 3.05) is 49.9 Å². The molecule has 0 saturated carbocycles. The minimum atomic E-state index is 0.159. The van der Waals surface area contributed by atoms with Gasteiger partial charge in [0.15, 0.2) is 0 Å². The maximum Gasteiger partial charge on any atom is 0.241 e. The minimum absolute atomic E-state index is 0.159. The molecule has 3 heterocycles. The lowest BCUT2D eigenvalue weighted by molar-refractivity contribution is -0.136. The van der Waals surface area contributed by atoms with Crippen molar-refractivity contribution in [2.24, 2.45) is 5.92 Å². The smallest absolute Gasteiger partial charge is 0.241 e. The first kappa shape index (κ1) is 17.9. The Bertz CT molecular complexity index is 667. The van der Waals surface area contributed by atoms with Crippen LogP contribution in [-0.2, 0) is 9.59 Å². The van der Waals surface area contributed by atoms with Crippen LogP contribution in [0.3, 0.4) is 0 Å². The molecule has 0 radical (unpaired) electrons. The monoisotopic (exact) mass is 373 g/mol. The molecule has 6 heteroatoms. The predicted octanol–water partition coefficient (Wildman–Crippen LogP) is 2.46. The first-order chi connectivity index (χ1) is 12.7. The van der Waals surface area contributed by atoms with Gasteiger partial charge in [0.25, 0.3) is 0 Å². The predicted molar refractivity (Wildman–Crippen MR) is 104 cm³/mol. The van der Waals surface area contributed by atoms with Crippen molar-refractivity contribution in [3.05, 3.63) is 24.3 Å². The van der Waals surface area contributed by atoms with E-state index in [0.29, 0.717) is 12.5 Å². The molecule has 2 saturated heterocycles. The van der Waals surface area contributed by atoms with E-state index in [0.717, 1.165) is 69.8 Å². The summed E-state index contributed by atoms with van der Waals surface area (Å²) < 4.78 is 0. The summed E-state index contributed by atoms with van der Waals surface area (Å²) in [6.45, 7) is 4.81. The molecule has 0 atom stereocenters. The van der Waals surface area contributed by atoms with E-state index in [1.165, 1.54) is 4.90 Å². The highest BCUT2D eigenvalue weighted by atomic mass is 32.2. The second kappa shape index (κ2) is 8.01. The van der Waals surface area contributed by atoms with Crippen LogP contribution in [0.15, 0.2) is 29.2 Å². The van der Waals surface area contributed by atoms with E-state index in [9.17, 15) is 9.59 Å².